The molecule has 0 aliphatic carbocycles. The second-order valence-corrected chi connectivity index (χ2v) is 8.00. The standard InChI is InChI=1S/C23H23Cl2N3/c1-17(19-9-10-22(24)23(25)15-19)26-28-13-11-27(12-14-28)16-20-7-4-6-18-5-2-3-8-21(18)20/h2-10,15H,11-14,16H2,1H3/b26-17+. The lowest BCUT2D eigenvalue weighted by atomic mass is 10.0. The third-order valence-electron chi connectivity index (χ3n) is 5.25. The fourth-order valence-electron chi connectivity index (χ4n) is 3.66. The summed E-state index contributed by atoms with van der Waals surface area (Å²) in [4.78, 5) is 2.50. The molecule has 1 heterocycles. The van der Waals surface area contributed by atoms with Gasteiger partial charge in [-0.2, -0.15) is 5.10 Å². The molecule has 0 atom stereocenters. The van der Waals surface area contributed by atoms with Crippen LogP contribution in [0.1, 0.15) is 18.1 Å². The van der Waals surface area contributed by atoms with Gasteiger partial charge in [-0.25, -0.2) is 0 Å². The quantitative estimate of drug-likeness (QED) is 0.513. The highest BCUT2D eigenvalue weighted by Crippen LogP contribution is 2.23. The number of halogens is 2. The summed E-state index contributed by atoms with van der Waals surface area (Å²) in [7, 11) is 0. The number of hydrazone groups is 1. The van der Waals surface area contributed by atoms with E-state index in [0.29, 0.717) is 10.0 Å². The Hall–Kier alpha value is -2.07. The van der Waals surface area contributed by atoms with Crippen molar-refractivity contribution in [3.8, 4) is 0 Å². The molecule has 0 amide bonds. The van der Waals surface area contributed by atoms with Crippen LogP contribution < -0.4 is 0 Å². The van der Waals surface area contributed by atoms with E-state index in [1.54, 1.807) is 0 Å². The molecular formula is C23H23Cl2N3. The molecule has 1 aliphatic rings. The van der Waals surface area contributed by atoms with Crippen LogP contribution in [0.5, 0.6) is 0 Å². The summed E-state index contributed by atoms with van der Waals surface area (Å²) in [6.07, 6.45) is 0. The number of rotatable bonds is 4. The summed E-state index contributed by atoms with van der Waals surface area (Å²) >= 11 is 12.1. The molecule has 0 unspecified atom stereocenters. The zero-order chi connectivity index (χ0) is 19.5. The van der Waals surface area contributed by atoms with Gasteiger partial charge in [-0.05, 0) is 41.0 Å². The number of hydrogen-bond donors (Lipinski definition) is 0. The topological polar surface area (TPSA) is 18.8 Å². The van der Waals surface area contributed by atoms with Crippen molar-refractivity contribution in [2.45, 2.75) is 13.5 Å². The second-order valence-electron chi connectivity index (χ2n) is 7.18. The maximum absolute atomic E-state index is 6.13. The molecule has 1 aliphatic heterocycles. The molecule has 28 heavy (non-hydrogen) atoms. The van der Waals surface area contributed by atoms with Gasteiger partial charge in [0.25, 0.3) is 0 Å². The fourth-order valence-corrected chi connectivity index (χ4v) is 3.96. The molecule has 1 saturated heterocycles. The minimum absolute atomic E-state index is 0.564. The summed E-state index contributed by atoms with van der Waals surface area (Å²) in [5, 5.41) is 10.7. The van der Waals surface area contributed by atoms with Gasteiger partial charge < -0.3 is 0 Å². The molecule has 3 aromatic carbocycles. The van der Waals surface area contributed by atoms with Crippen molar-refractivity contribution in [1.82, 2.24) is 9.91 Å². The van der Waals surface area contributed by atoms with Crippen LogP contribution in [0.2, 0.25) is 10.0 Å². The molecule has 5 heteroatoms. The minimum Gasteiger partial charge on any atom is -0.295 e. The first-order chi connectivity index (χ1) is 13.6. The Balaban J connectivity index is 1.39. The van der Waals surface area contributed by atoms with Gasteiger partial charge in [-0.15, -0.1) is 0 Å². The Morgan fingerprint density at radius 3 is 2.43 bits per heavy atom. The van der Waals surface area contributed by atoms with Gasteiger partial charge in [0.2, 0.25) is 0 Å². The summed E-state index contributed by atoms with van der Waals surface area (Å²) < 4.78 is 0. The summed E-state index contributed by atoms with van der Waals surface area (Å²) in [5.41, 5.74) is 3.36. The van der Waals surface area contributed by atoms with Crippen LogP contribution >= 0.6 is 23.2 Å². The molecular weight excluding hydrogens is 389 g/mol. The van der Waals surface area contributed by atoms with Crippen molar-refractivity contribution >= 4 is 39.7 Å². The molecule has 0 spiro atoms. The Morgan fingerprint density at radius 1 is 0.893 bits per heavy atom. The third-order valence-corrected chi connectivity index (χ3v) is 5.99. The Kier molecular flexibility index (Phi) is 5.86. The van der Waals surface area contributed by atoms with E-state index < -0.39 is 0 Å². The zero-order valence-corrected chi connectivity index (χ0v) is 17.4. The van der Waals surface area contributed by atoms with Crippen LogP contribution in [-0.2, 0) is 6.54 Å². The van der Waals surface area contributed by atoms with Crippen molar-refractivity contribution < 1.29 is 0 Å². The fraction of sp³-hybridized carbons (Fsp3) is 0.261. The summed E-state index contributed by atoms with van der Waals surface area (Å²) in [6, 6.07) is 20.8. The van der Waals surface area contributed by atoms with E-state index in [1.165, 1.54) is 16.3 Å². The molecule has 144 valence electrons. The van der Waals surface area contributed by atoms with Crippen molar-refractivity contribution in [1.29, 1.82) is 0 Å². The molecule has 1 fully saturated rings. The smallest absolute Gasteiger partial charge is 0.0647 e. The van der Waals surface area contributed by atoms with Gasteiger partial charge in [0, 0.05) is 32.7 Å². The normalized spacial score (nSPS) is 16.0. The van der Waals surface area contributed by atoms with E-state index >= 15 is 0 Å². The highest BCUT2D eigenvalue weighted by molar-refractivity contribution is 6.42. The van der Waals surface area contributed by atoms with Crippen LogP contribution in [0.15, 0.2) is 65.8 Å². The molecule has 0 bridgehead atoms. The Morgan fingerprint density at radius 2 is 1.64 bits per heavy atom. The van der Waals surface area contributed by atoms with Gasteiger partial charge in [-0.1, -0.05) is 71.7 Å². The molecule has 3 nitrogen and oxygen atoms in total. The van der Waals surface area contributed by atoms with Crippen molar-refractivity contribution in [3.05, 3.63) is 81.8 Å². The number of piperazine rings is 1. The molecule has 4 rings (SSSR count). The molecule has 0 N–H and O–H groups in total. The number of benzene rings is 3. The zero-order valence-electron chi connectivity index (χ0n) is 15.9. The van der Waals surface area contributed by atoms with Crippen molar-refractivity contribution in [2.75, 3.05) is 26.2 Å². The SMILES string of the molecule is C/C(=N\N1CCN(Cc2cccc3ccccc23)CC1)c1ccc(Cl)c(Cl)c1. The third kappa shape index (κ3) is 4.33. The first-order valence-electron chi connectivity index (χ1n) is 9.55. The van der Waals surface area contributed by atoms with E-state index in [-0.39, 0.29) is 0 Å². The maximum Gasteiger partial charge on any atom is 0.0647 e. The first kappa shape index (κ1) is 19.3. The van der Waals surface area contributed by atoms with Gasteiger partial charge in [0.05, 0.1) is 15.8 Å². The Labute approximate surface area is 176 Å². The lowest BCUT2D eigenvalue weighted by Gasteiger charge is -2.33. The predicted octanol–water partition coefficient (Wildman–Crippen LogP) is 5.69. The predicted molar refractivity (Wildman–Crippen MR) is 119 cm³/mol. The van der Waals surface area contributed by atoms with Crippen LogP contribution in [-0.4, -0.2) is 41.8 Å². The van der Waals surface area contributed by atoms with Gasteiger partial charge in [-0.3, -0.25) is 9.91 Å². The summed E-state index contributed by atoms with van der Waals surface area (Å²) in [6.45, 7) is 6.84. The lowest BCUT2D eigenvalue weighted by molar-refractivity contribution is 0.131. The van der Waals surface area contributed by atoms with E-state index in [2.05, 4.69) is 52.4 Å². The average molecular weight is 412 g/mol. The van der Waals surface area contributed by atoms with E-state index in [0.717, 1.165) is 44.0 Å². The van der Waals surface area contributed by atoms with Crippen molar-refractivity contribution in [2.24, 2.45) is 5.10 Å². The first-order valence-corrected chi connectivity index (χ1v) is 10.3. The van der Waals surface area contributed by atoms with Gasteiger partial charge in [0.15, 0.2) is 0 Å². The van der Waals surface area contributed by atoms with Crippen LogP contribution in [0.3, 0.4) is 0 Å². The highest BCUT2D eigenvalue weighted by Gasteiger charge is 2.17. The van der Waals surface area contributed by atoms with E-state index in [4.69, 9.17) is 28.3 Å². The molecule has 3 aromatic rings. The highest BCUT2D eigenvalue weighted by atomic mass is 35.5. The number of fused-ring (bicyclic) bond motifs is 1. The molecule has 0 saturated carbocycles. The Bertz CT molecular complexity index is 1000. The number of hydrogen-bond acceptors (Lipinski definition) is 3. The van der Waals surface area contributed by atoms with Gasteiger partial charge in [0.1, 0.15) is 0 Å². The largest absolute Gasteiger partial charge is 0.295 e. The lowest BCUT2D eigenvalue weighted by Crippen LogP contribution is -2.43. The maximum atomic E-state index is 6.13. The van der Waals surface area contributed by atoms with E-state index in [9.17, 15) is 0 Å². The minimum atomic E-state index is 0.564. The van der Waals surface area contributed by atoms with Crippen LogP contribution in [0.4, 0.5) is 0 Å². The molecule has 0 aromatic heterocycles. The van der Waals surface area contributed by atoms with Crippen LogP contribution in [0.25, 0.3) is 10.8 Å². The monoisotopic (exact) mass is 411 g/mol. The summed E-state index contributed by atoms with van der Waals surface area (Å²) in [5.74, 6) is 0. The van der Waals surface area contributed by atoms with Gasteiger partial charge >= 0.3 is 0 Å². The molecule has 0 radical (unpaired) electrons. The number of nitrogens with zero attached hydrogens (tertiary/aromatic N) is 3. The van der Waals surface area contributed by atoms with E-state index in [1.807, 2.05) is 25.1 Å². The van der Waals surface area contributed by atoms with Crippen LogP contribution in [0, 0.1) is 0 Å². The average Bonchev–Trinajstić information content (AvgIpc) is 2.72. The van der Waals surface area contributed by atoms with Crippen molar-refractivity contribution in [3.63, 3.8) is 0 Å². The second kappa shape index (κ2) is 8.52.